The summed E-state index contributed by atoms with van der Waals surface area (Å²) in [4.78, 5) is 11.3. The van der Waals surface area contributed by atoms with E-state index in [9.17, 15) is 4.79 Å². The van der Waals surface area contributed by atoms with E-state index in [1.54, 1.807) is 32.3 Å². The maximum absolute atomic E-state index is 11.3. The first kappa shape index (κ1) is 12.1. The summed E-state index contributed by atoms with van der Waals surface area (Å²) in [6.45, 7) is 0. The van der Waals surface area contributed by atoms with E-state index in [0.29, 0.717) is 15.7 Å². The molecule has 0 fully saturated rings. The first-order valence-electron chi connectivity index (χ1n) is 4.19. The smallest absolute Gasteiger partial charge is 0.305 e. The van der Waals surface area contributed by atoms with Crippen molar-refractivity contribution in [2.45, 2.75) is 0 Å². The van der Waals surface area contributed by atoms with Crippen LogP contribution >= 0.6 is 23.2 Å². The fraction of sp³-hybridized carbons (Fsp3) is 0.222. The minimum atomic E-state index is -0.371. The molecule has 1 aromatic carbocycles. The molecule has 0 aliphatic heterocycles. The summed E-state index contributed by atoms with van der Waals surface area (Å²) in [6, 6.07) is 4.66. The van der Waals surface area contributed by atoms with Gasteiger partial charge < -0.3 is 5.32 Å². The van der Waals surface area contributed by atoms with Crippen LogP contribution in [0.5, 0.6) is 0 Å². The van der Waals surface area contributed by atoms with Crippen molar-refractivity contribution < 1.29 is 4.79 Å². The molecule has 2 amide bonds. The predicted octanol–water partition coefficient (Wildman–Crippen LogP) is 2.59. The van der Waals surface area contributed by atoms with Gasteiger partial charge in [0, 0.05) is 14.1 Å². The van der Waals surface area contributed by atoms with E-state index in [1.807, 2.05) is 0 Å². The van der Waals surface area contributed by atoms with Gasteiger partial charge in [-0.3, -0.25) is 5.43 Å². The number of carbonyl (C=O) groups is 1. The van der Waals surface area contributed by atoms with E-state index in [1.165, 1.54) is 5.01 Å². The Morgan fingerprint density at radius 2 is 2.00 bits per heavy atom. The lowest BCUT2D eigenvalue weighted by atomic mass is 10.3. The summed E-state index contributed by atoms with van der Waals surface area (Å²) in [5, 5.41) is 4.82. The van der Waals surface area contributed by atoms with Crippen molar-refractivity contribution in [2.24, 2.45) is 0 Å². The molecule has 0 heterocycles. The van der Waals surface area contributed by atoms with Crippen molar-refractivity contribution in [3.8, 4) is 0 Å². The molecule has 2 N–H and O–H groups in total. The molecule has 0 spiro atoms. The Kier molecular flexibility index (Phi) is 4.20. The quantitative estimate of drug-likeness (QED) is 0.790. The number of amides is 2. The summed E-state index contributed by atoms with van der Waals surface area (Å²) in [7, 11) is 3.41. The molecule has 4 nitrogen and oxygen atoms in total. The zero-order chi connectivity index (χ0) is 11.4. The predicted molar refractivity (Wildman–Crippen MR) is 62.3 cm³/mol. The van der Waals surface area contributed by atoms with Crippen molar-refractivity contribution >= 4 is 34.9 Å². The monoisotopic (exact) mass is 247 g/mol. The van der Waals surface area contributed by atoms with Gasteiger partial charge in [-0.25, -0.2) is 9.80 Å². The van der Waals surface area contributed by atoms with Crippen LogP contribution in [-0.2, 0) is 0 Å². The highest BCUT2D eigenvalue weighted by molar-refractivity contribution is 6.43. The molecule has 1 aromatic rings. The summed E-state index contributed by atoms with van der Waals surface area (Å²) in [6.07, 6.45) is 0. The first-order chi connectivity index (χ1) is 7.00. The van der Waals surface area contributed by atoms with Crippen LogP contribution in [0.2, 0.25) is 10.0 Å². The second-order valence-electron chi connectivity index (χ2n) is 3.06. The van der Waals surface area contributed by atoms with Crippen LogP contribution in [0, 0.1) is 0 Å². The van der Waals surface area contributed by atoms with Gasteiger partial charge >= 0.3 is 6.03 Å². The molecule has 6 heteroatoms. The SMILES string of the molecule is CN(C)NC(=O)Nc1cccc(Cl)c1Cl. The second kappa shape index (κ2) is 5.21. The molecule has 82 valence electrons. The summed E-state index contributed by atoms with van der Waals surface area (Å²) in [5.74, 6) is 0. The van der Waals surface area contributed by atoms with Crippen LogP contribution in [0.25, 0.3) is 0 Å². The van der Waals surface area contributed by atoms with Crippen molar-refractivity contribution in [1.29, 1.82) is 0 Å². The largest absolute Gasteiger partial charge is 0.333 e. The minimum Gasteiger partial charge on any atom is -0.305 e. The number of anilines is 1. The van der Waals surface area contributed by atoms with Gasteiger partial charge in [-0.05, 0) is 12.1 Å². The maximum Gasteiger partial charge on any atom is 0.333 e. The van der Waals surface area contributed by atoms with Gasteiger partial charge in [0.05, 0.1) is 15.7 Å². The van der Waals surface area contributed by atoms with E-state index >= 15 is 0 Å². The van der Waals surface area contributed by atoms with E-state index in [2.05, 4.69) is 10.7 Å². The highest BCUT2D eigenvalue weighted by atomic mass is 35.5. The van der Waals surface area contributed by atoms with E-state index in [-0.39, 0.29) is 6.03 Å². The summed E-state index contributed by atoms with van der Waals surface area (Å²) in [5.41, 5.74) is 2.99. The zero-order valence-corrected chi connectivity index (χ0v) is 9.86. The lowest BCUT2D eigenvalue weighted by molar-refractivity contribution is 0.224. The average Bonchev–Trinajstić information content (AvgIpc) is 2.11. The summed E-state index contributed by atoms with van der Waals surface area (Å²) >= 11 is 11.7. The van der Waals surface area contributed by atoms with Gasteiger partial charge in [0.25, 0.3) is 0 Å². The van der Waals surface area contributed by atoms with Gasteiger partial charge in [0.1, 0.15) is 0 Å². The second-order valence-corrected chi connectivity index (χ2v) is 3.85. The number of urea groups is 1. The van der Waals surface area contributed by atoms with Crippen LogP contribution in [0.4, 0.5) is 10.5 Å². The molecule has 0 aromatic heterocycles. The number of benzene rings is 1. The maximum atomic E-state index is 11.3. The van der Waals surface area contributed by atoms with Crippen LogP contribution < -0.4 is 10.7 Å². The lowest BCUT2D eigenvalue weighted by Crippen LogP contribution is -2.39. The van der Waals surface area contributed by atoms with Gasteiger partial charge in [-0.15, -0.1) is 0 Å². The Balaban J connectivity index is 2.73. The zero-order valence-electron chi connectivity index (χ0n) is 8.34. The molecule has 0 radical (unpaired) electrons. The summed E-state index contributed by atoms with van der Waals surface area (Å²) < 4.78 is 0. The molecule has 15 heavy (non-hydrogen) atoms. The van der Waals surface area contributed by atoms with Crippen molar-refractivity contribution in [1.82, 2.24) is 10.4 Å². The van der Waals surface area contributed by atoms with E-state index in [4.69, 9.17) is 23.2 Å². The molecule has 0 unspecified atom stereocenters. The number of carbonyl (C=O) groups excluding carboxylic acids is 1. The van der Waals surface area contributed by atoms with Gasteiger partial charge in [0.15, 0.2) is 0 Å². The molecule has 0 aliphatic carbocycles. The average molecular weight is 248 g/mol. The van der Waals surface area contributed by atoms with E-state index in [0.717, 1.165) is 0 Å². The topological polar surface area (TPSA) is 44.4 Å². The highest BCUT2D eigenvalue weighted by Gasteiger charge is 2.07. The normalized spacial score (nSPS) is 10.2. The first-order valence-corrected chi connectivity index (χ1v) is 4.95. The lowest BCUT2D eigenvalue weighted by Gasteiger charge is -2.13. The fourth-order valence-electron chi connectivity index (χ4n) is 0.954. The third kappa shape index (κ3) is 3.58. The van der Waals surface area contributed by atoms with Gasteiger partial charge in [-0.1, -0.05) is 29.3 Å². The molecular weight excluding hydrogens is 237 g/mol. The fourth-order valence-corrected chi connectivity index (χ4v) is 1.30. The Bertz CT molecular complexity index is 368. The molecule has 0 atom stereocenters. The third-order valence-electron chi connectivity index (χ3n) is 1.52. The Hall–Kier alpha value is -0.970. The van der Waals surface area contributed by atoms with Crippen LogP contribution in [-0.4, -0.2) is 25.1 Å². The van der Waals surface area contributed by atoms with Crippen LogP contribution in [0.15, 0.2) is 18.2 Å². The number of nitrogens with zero attached hydrogens (tertiary/aromatic N) is 1. The van der Waals surface area contributed by atoms with Gasteiger partial charge in [-0.2, -0.15) is 0 Å². The number of nitrogens with one attached hydrogen (secondary N) is 2. The van der Waals surface area contributed by atoms with Gasteiger partial charge in [0.2, 0.25) is 0 Å². The molecule has 0 saturated carbocycles. The number of hydrogen-bond acceptors (Lipinski definition) is 2. The number of rotatable bonds is 2. The van der Waals surface area contributed by atoms with E-state index < -0.39 is 0 Å². The minimum absolute atomic E-state index is 0.327. The van der Waals surface area contributed by atoms with Crippen molar-refractivity contribution in [3.63, 3.8) is 0 Å². The molecular formula is C9H11Cl2N3O. The van der Waals surface area contributed by atoms with Crippen LogP contribution in [0.3, 0.4) is 0 Å². The van der Waals surface area contributed by atoms with Crippen molar-refractivity contribution in [2.75, 3.05) is 19.4 Å². The van der Waals surface area contributed by atoms with Crippen molar-refractivity contribution in [3.05, 3.63) is 28.2 Å². The molecule has 0 aliphatic rings. The number of halogens is 2. The highest BCUT2D eigenvalue weighted by Crippen LogP contribution is 2.29. The van der Waals surface area contributed by atoms with Crippen LogP contribution in [0.1, 0.15) is 0 Å². The Morgan fingerprint density at radius 1 is 1.33 bits per heavy atom. The number of hydrogen-bond donors (Lipinski definition) is 2. The molecule has 0 bridgehead atoms. The molecule has 0 saturated heterocycles. The third-order valence-corrected chi connectivity index (χ3v) is 2.34. The molecule has 1 rings (SSSR count). The standard InChI is InChI=1S/C9H11Cl2N3O/c1-14(2)13-9(15)12-7-5-3-4-6(10)8(7)11/h3-5H,1-2H3,(H2,12,13,15). The Labute approximate surface area is 98.1 Å². The Morgan fingerprint density at radius 3 is 2.60 bits per heavy atom. The number of hydrazine groups is 1.